The average molecular weight is 407 g/mol. The van der Waals surface area contributed by atoms with Crippen molar-refractivity contribution in [3.05, 3.63) is 0 Å². The van der Waals surface area contributed by atoms with E-state index in [1.165, 1.54) is 0 Å². The summed E-state index contributed by atoms with van der Waals surface area (Å²) in [4.78, 5) is 24.7. The van der Waals surface area contributed by atoms with Gasteiger partial charge in [-0.3, -0.25) is 9.59 Å². The second-order valence-corrected chi connectivity index (χ2v) is 11.2. The van der Waals surface area contributed by atoms with Crippen LogP contribution in [0.2, 0.25) is 0 Å². The summed E-state index contributed by atoms with van der Waals surface area (Å²) >= 11 is 0. The van der Waals surface area contributed by atoms with Crippen LogP contribution in [-0.2, 0) is 9.59 Å². The molecule has 0 heterocycles. The van der Waals surface area contributed by atoms with Gasteiger partial charge >= 0.3 is 5.97 Å². The third-order valence-electron chi connectivity index (χ3n) is 10.1. The maximum absolute atomic E-state index is 13.7. The third-order valence-corrected chi connectivity index (χ3v) is 10.1. The van der Waals surface area contributed by atoms with E-state index >= 15 is 0 Å². The van der Waals surface area contributed by atoms with Crippen molar-refractivity contribution in [3.63, 3.8) is 0 Å². The van der Waals surface area contributed by atoms with Gasteiger partial charge in [0.2, 0.25) is 0 Å². The molecule has 0 bridgehead atoms. The molecule has 4 rings (SSSR count). The fourth-order valence-electron chi connectivity index (χ4n) is 8.54. The summed E-state index contributed by atoms with van der Waals surface area (Å²) in [5.41, 5.74) is -0.540. The summed E-state index contributed by atoms with van der Waals surface area (Å²) in [7, 11) is 0. The molecule has 5 heteroatoms. The zero-order chi connectivity index (χ0) is 21.1. The van der Waals surface area contributed by atoms with Crippen LogP contribution in [0.3, 0.4) is 0 Å². The van der Waals surface area contributed by atoms with Crippen molar-refractivity contribution in [2.24, 2.45) is 46.3 Å². The van der Waals surface area contributed by atoms with E-state index in [1.54, 1.807) is 0 Å². The van der Waals surface area contributed by atoms with Gasteiger partial charge in [-0.1, -0.05) is 20.8 Å². The summed E-state index contributed by atoms with van der Waals surface area (Å²) < 4.78 is 0. The van der Waals surface area contributed by atoms with Crippen molar-refractivity contribution < 1.29 is 24.9 Å². The van der Waals surface area contributed by atoms with Crippen molar-refractivity contribution in [3.8, 4) is 0 Å². The number of carboxylic acids is 1. The topological polar surface area (TPSA) is 94.8 Å². The molecule has 4 saturated carbocycles. The fraction of sp³-hybridized carbons (Fsp3) is 0.917. The highest BCUT2D eigenvalue weighted by Crippen LogP contribution is 2.67. The van der Waals surface area contributed by atoms with Gasteiger partial charge in [0.15, 0.2) is 5.78 Å². The number of ketones is 1. The van der Waals surface area contributed by atoms with E-state index in [0.717, 1.165) is 44.9 Å². The Morgan fingerprint density at radius 1 is 1.14 bits per heavy atom. The number of aliphatic hydroxyl groups excluding tert-OH is 2. The molecule has 29 heavy (non-hydrogen) atoms. The van der Waals surface area contributed by atoms with Crippen molar-refractivity contribution >= 4 is 11.8 Å². The van der Waals surface area contributed by atoms with E-state index in [9.17, 15) is 19.8 Å². The molecule has 0 unspecified atom stereocenters. The molecule has 4 fully saturated rings. The van der Waals surface area contributed by atoms with Crippen LogP contribution in [0.25, 0.3) is 0 Å². The number of aliphatic hydroxyl groups is 2. The Labute approximate surface area is 174 Å². The number of hydrogen-bond acceptors (Lipinski definition) is 4. The normalized spacial score (nSPS) is 50.4. The number of hydrogen-bond donors (Lipinski definition) is 3. The van der Waals surface area contributed by atoms with Crippen LogP contribution in [-0.4, -0.2) is 39.3 Å². The molecular formula is C24H38O5. The van der Waals surface area contributed by atoms with E-state index in [-0.39, 0.29) is 41.5 Å². The van der Waals surface area contributed by atoms with Gasteiger partial charge in [-0.15, -0.1) is 0 Å². The standard InChI is InChI=1S/C24H38O5/c1-13(4-9-19(26)27)17-7-8-18-16-6-5-14-12-15(25)10-11-23(14,2)20(16)21(28)22(29)24(17,18)3/h13-18,20,22,25,29H,4-12H2,1-3H3,(H,26,27)/t13-,14-,15-,16+,17-,18+,20-,22+,23+,24-/m1/s1. The van der Waals surface area contributed by atoms with Gasteiger partial charge in [0.05, 0.1) is 6.10 Å². The molecule has 0 aromatic heterocycles. The number of carboxylic acid groups (broad SMARTS) is 1. The van der Waals surface area contributed by atoms with E-state index in [0.29, 0.717) is 24.2 Å². The molecule has 0 aromatic carbocycles. The Morgan fingerprint density at radius 3 is 2.55 bits per heavy atom. The summed E-state index contributed by atoms with van der Waals surface area (Å²) in [6.45, 7) is 6.46. The minimum atomic E-state index is -0.948. The quantitative estimate of drug-likeness (QED) is 0.662. The zero-order valence-corrected chi connectivity index (χ0v) is 18.1. The fourth-order valence-corrected chi connectivity index (χ4v) is 8.54. The Kier molecular flexibility index (Phi) is 5.39. The molecule has 0 aromatic rings. The molecule has 5 nitrogen and oxygen atoms in total. The van der Waals surface area contributed by atoms with Gasteiger partial charge in [-0.25, -0.2) is 0 Å². The molecule has 0 aliphatic heterocycles. The molecule has 4 aliphatic carbocycles. The van der Waals surface area contributed by atoms with Crippen LogP contribution >= 0.6 is 0 Å². The number of fused-ring (bicyclic) bond motifs is 5. The molecule has 0 spiro atoms. The highest BCUT2D eigenvalue weighted by atomic mass is 16.4. The lowest BCUT2D eigenvalue weighted by atomic mass is 9.43. The van der Waals surface area contributed by atoms with Gasteiger partial charge < -0.3 is 15.3 Å². The Morgan fingerprint density at radius 2 is 1.86 bits per heavy atom. The maximum atomic E-state index is 13.7. The van der Waals surface area contributed by atoms with Gasteiger partial charge in [0.1, 0.15) is 6.10 Å². The number of carbonyl (C=O) groups is 2. The van der Waals surface area contributed by atoms with Crippen LogP contribution in [0.4, 0.5) is 0 Å². The third kappa shape index (κ3) is 3.10. The summed E-state index contributed by atoms with van der Waals surface area (Å²) in [6.07, 6.45) is 6.10. The summed E-state index contributed by atoms with van der Waals surface area (Å²) in [5, 5.41) is 30.6. The van der Waals surface area contributed by atoms with Crippen LogP contribution in [0, 0.1) is 46.3 Å². The molecule has 0 radical (unpaired) electrons. The van der Waals surface area contributed by atoms with Crippen LogP contribution in [0.1, 0.15) is 78.6 Å². The SMILES string of the molecule is C[C@H](CCC(=O)O)[C@H]1CC[C@H]2[C@@H]3CC[C@@H]4C[C@H](O)CC[C@]4(C)[C@H]3C(=O)[C@H](O)[C@]12C. The monoisotopic (exact) mass is 406 g/mol. The Bertz CT molecular complexity index is 676. The lowest BCUT2D eigenvalue weighted by molar-refractivity contribution is -0.186. The Hall–Kier alpha value is -0.940. The van der Waals surface area contributed by atoms with Gasteiger partial charge in [0, 0.05) is 17.8 Å². The molecule has 3 N–H and O–H groups in total. The highest BCUT2D eigenvalue weighted by molar-refractivity contribution is 5.88. The van der Waals surface area contributed by atoms with Crippen molar-refractivity contribution in [2.75, 3.05) is 0 Å². The van der Waals surface area contributed by atoms with Crippen LogP contribution in [0.15, 0.2) is 0 Å². The zero-order valence-electron chi connectivity index (χ0n) is 18.1. The van der Waals surface area contributed by atoms with E-state index < -0.39 is 17.5 Å². The predicted molar refractivity (Wildman–Crippen MR) is 109 cm³/mol. The molecule has 10 atom stereocenters. The highest BCUT2D eigenvalue weighted by Gasteiger charge is 2.67. The molecule has 4 aliphatic rings. The Balaban J connectivity index is 1.63. The molecule has 0 saturated heterocycles. The maximum Gasteiger partial charge on any atom is 0.303 e. The second-order valence-electron chi connectivity index (χ2n) is 11.2. The average Bonchev–Trinajstić information content (AvgIpc) is 3.02. The first-order chi connectivity index (χ1) is 13.6. The van der Waals surface area contributed by atoms with Crippen LogP contribution in [0.5, 0.6) is 0 Å². The molecule has 164 valence electrons. The summed E-state index contributed by atoms with van der Waals surface area (Å²) in [6, 6.07) is 0. The minimum Gasteiger partial charge on any atom is -0.481 e. The minimum absolute atomic E-state index is 0.0367. The molecule has 0 amide bonds. The first kappa shape index (κ1) is 21.3. The largest absolute Gasteiger partial charge is 0.481 e. The first-order valence-electron chi connectivity index (χ1n) is 11.7. The number of rotatable bonds is 4. The second kappa shape index (κ2) is 7.33. The van der Waals surface area contributed by atoms with Gasteiger partial charge in [0.25, 0.3) is 0 Å². The van der Waals surface area contributed by atoms with Gasteiger partial charge in [-0.2, -0.15) is 0 Å². The number of aliphatic carboxylic acids is 1. The van der Waals surface area contributed by atoms with E-state index in [4.69, 9.17) is 5.11 Å². The van der Waals surface area contributed by atoms with E-state index in [1.807, 2.05) is 0 Å². The van der Waals surface area contributed by atoms with Crippen molar-refractivity contribution in [2.45, 2.75) is 90.8 Å². The van der Waals surface area contributed by atoms with Gasteiger partial charge in [-0.05, 0) is 86.4 Å². The van der Waals surface area contributed by atoms with Crippen LogP contribution < -0.4 is 0 Å². The van der Waals surface area contributed by atoms with E-state index in [2.05, 4.69) is 20.8 Å². The predicted octanol–water partition coefficient (Wildman–Crippen LogP) is 3.66. The molecular weight excluding hydrogens is 368 g/mol. The number of carbonyl (C=O) groups excluding carboxylic acids is 1. The lowest BCUT2D eigenvalue weighted by Crippen LogP contribution is -2.63. The lowest BCUT2D eigenvalue weighted by Gasteiger charge is -2.61. The smallest absolute Gasteiger partial charge is 0.303 e. The summed E-state index contributed by atoms with van der Waals surface area (Å²) in [5.74, 6) is 0.598. The number of Topliss-reactive ketones (excluding diaryl/α,β-unsaturated/α-hetero) is 1. The first-order valence-corrected chi connectivity index (χ1v) is 11.7. The van der Waals surface area contributed by atoms with Crippen molar-refractivity contribution in [1.82, 2.24) is 0 Å². The van der Waals surface area contributed by atoms with Crippen molar-refractivity contribution in [1.29, 1.82) is 0 Å².